The van der Waals surface area contributed by atoms with Crippen molar-refractivity contribution in [1.82, 2.24) is 14.3 Å². The number of aromatic nitrogens is 3. The maximum atomic E-state index is 13.2. The number of rotatable bonds is 6. The van der Waals surface area contributed by atoms with Gasteiger partial charge in [-0.2, -0.15) is 13.9 Å². The molecule has 1 N–H and O–H groups in total. The lowest BCUT2D eigenvalue weighted by Gasteiger charge is -2.42. The van der Waals surface area contributed by atoms with E-state index in [0.717, 1.165) is 43.7 Å². The Balaban J connectivity index is 1.36. The zero-order valence-electron chi connectivity index (χ0n) is 18.6. The van der Waals surface area contributed by atoms with Crippen LogP contribution in [-0.2, 0) is 10.3 Å². The molecule has 7 rings (SSSR count). The zero-order chi connectivity index (χ0) is 23.7. The minimum Gasteiger partial charge on any atom is -0.490 e. The molecule has 2 aliphatic carbocycles. The van der Waals surface area contributed by atoms with E-state index < -0.39 is 18.0 Å². The third-order valence-electron chi connectivity index (χ3n) is 7.21. The Morgan fingerprint density at radius 1 is 1.32 bits per heavy atom. The maximum absolute atomic E-state index is 13.2. The number of carbonyl (C=O) groups excluding carboxylic acids is 1. The summed E-state index contributed by atoms with van der Waals surface area (Å²) in [6, 6.07) is 6.01. The van der Waals surface area contributed by atoms with Gasteiger partial charge in [-0.05, 0) is 44.4 Å². The van der Waals surface area contributed by atoms with Crippen LogP contribution in [0.4, 0.5) is 14.5 Å². The summed E-state index contributed by atoms with van der Waals surface area (Å²) in [5, 5.41) is 8.00. The van der Waals surface area contributed by atoms with Crippen LogP contribution in [0.25, 0.3) is 10.9 Å². The number of fused-ring (bicyclic) bond motifs is 2. The highest BCUT2D eigenvalue weighted by Crippen LogP contribution is 2.55. The highest BCUT2D eigenvalue weighted by Gasteiger charge is 2.61. The summed E-state index contributed by atoms with van der Waals surface area (Å²) in [6.45, 7) is -0.308. The molecule has 2 aliphatic heterocycles. The monoisotopic (exact) mass is 470 g/mol. The Hall–Kier alpha value is -3.27. The largest absolute Gasteiger partial charge is 0.490 e. The molecule has 1 aromatic carbocycles. The molecule has 2 bridgehead atoms. The first kappa shape index (κ1) is 21.3. The van der Waals surface area contributed by atoms with E-state index in [9.17, 15) is 18.4 Å². The van der Waals surface area contributed by atoms with Crippen molar-refractivity contribution in [3.8, 4) is 5.75 Å². The number of alkyl halides is 2. The molecule has 4 fully saturated rings. The molecule has 0 unspecified atom stereocenters. The van der Waals surface area contributed by atoms with Gasteiger partial charge in [0.25, 0.3) is 11.5 Å². The number of pyridine rings is 1. The Morgan fingerprint density at radius 3 is 2.76 bits per heavy atom. The molecule has 10 heteroatoms. The molecule has 3 aromatic rings. The second-order valence-electron chi connectivity index (χ2n) is 9.83. The predicted octanol–water partition coefficient (Wildman–Crippen LogP) is 4.05. The van der Waals surface area contributed by atoms with Crippen LogP contribution in [0.15, 0.2) is 41.5 Å². The SMILES string of the molecule is CC12CC(n3cc4cc(C(=O)Nc5cccn(C(F)F)c5=O)c(OC5CCC5)cc4n3)(CO1)C2. The van der Waals surface area contributed by atoms with Crippen LogP contribution in [0.5, 0.6) is 5.75 Å². The van der Waals surface area contributed by atoms with Crippen molar-refractivity contribution >= 4 is 22.5 Å². The molecule has 178 valence electrons. The number of nitrogens with one attached hydrogen (secondary N) is 1. The van der Waals surface area contributed by atoms with E-state index in [-0.39, 0.29) is 33.1 Å². The van der Waals surface area contributed by atoms with E-state index in [2.05, 4.69) is 12.2 Å². The van der Waals surface area contributed by atoms with E-state index >= 15 is 0 Å². The first-order valence-corrected chi connectivity index (χ1v) is 11.4. The molecule has 1 amide bonds. The summed E-state index contributed by atoms with van der Waals surface area (Å²) >= 11 is 0. The Kier molecular flexibility index (Phi) is 4.61. The third kappa shape index (κ3) is 3.31. The van der Waals surface area contributed by atoms with Crippen LogP contribution in [0, 0.1) is 0 Å². The van der Waals surface area contributed by atoms with Gasteiger partial charge in [0.15, 0.2) is 0 Å². The number of ether oxygens (including phenoxy) is 2. The lowest BCUT2D eigenvalue weighted by atomic mass is 9.69. The molecule has 4 heterocycles. The standard InChI is InChI=1S/C24H24F2N4O4/c1-23-11-24(12-23,13-33-23)30-10-14-8-16(19(9-18(14)28-30)34-15-4-2-5-15)20(31)27-17-6-3-7-29(21(17)32)22(25)26/h3,6-10,15,22H,2,4-5,11-13H2,1H3,(H,27,31). The lowest BCUT2D eigenvalue weighted by Crippen LogP contribution is -2.49. The van der Waals surface area contributed by atoms with Crippen molar-refractivity contribution < 1.29 is 23.0 Å². The fourth-order valence-electron chi connectivity index (χ4n) is 5.27. The fraction of sp³-hybridized carbons (Fsp3) is 0.458. The van der Waals surface area contributed by atoms with Crippen molar-refractivity contribution in [3.63, 3.8) is 0 Å². The van der Waals surface area contributed by atoms with E-state index in [1.807, 2.05) is 10.9 Å². The number of halogens is 2. The summed E-state index contributed by atoms with van der Waals surface area (Å²) in [5.41, 5.74) is -0.550. The van der Waals surface area contributed by atoms with Crippen LogP contribution < -0.4 is 15.6 Å². The van der Waals surface area contributed by atoms with Gasteiger partial charge in [0.05, 0.1) is 34.9 Å². The van der Waals surface area contributed by atoms with Crippen LogP contribution in [-0.4, -0.2) is 38.6 Å². The number of amides is 1. The van der Waals surface area contributed by atoms with E-state index in [1.54, 1.807) is 12.1 Å². The zero-order valence-corrected chi connectivity index (χ0v) is 18.6. The minimum absolute atomic E-state index is 0.00744. The van der Waals surface area contributed by atoms with Crippen molar-refractivity contribution in [2.45, 2.75) is 62.8 Å². The van der Waals surface area contributed by atoms with Crippen LogP contribution >= 0.6 is 0 Å². The summed E-state index contributed by atoms with van der Waals surface area (Å²) in [7, 11) is 0. The molecule has 2 saturated carbocycles. The molecular weight excluding hydrogens is 446 g/mol. The predicted molar refractivity (Wildman–Crippen MR) is 119 cm³/mol. The highest BCUT2D eigenvalue weighted by molar-refractivity contribution is 6.08. The normalized spacial score (nSPS) is 25.9. The van der Waals surface area contributed by atoms with E-state index in [0.29, 0.717) is 17.9 Å². The van der Waals surface area contributed by atoms with E-state index in [4.69, 9.17) is 14.6 Å². The number of nitrogens with zero attached hydrogens (tertiary/aromatic N) is 3. The van der Waals surface area contributed by atoms with Crippen molar-refractivity contribution in [2.75, 3.05) is 11.9 Å². The van der Waals surface area contributed by atoms with Gasteiger partial charge < -0.3 is 14.8 Å². The van der Waals surface area contributed by atoms with Gasteiger partial charge in [0.2, 0.25) is 0 Å². The molecule has 2 aromatic heterocycles. The van der Waals surface area contributed by atoms with Crippen LogP contribution in [0.3, 0.4) is 0 Å². The molecule has 0 spiro atoms. The quantitative estimate of drug-likeness (QED) is 0.587. The molecular formula is C24H24F2N4O4. The summed E-state index contributed by atoms with van der Waals surface area (Å²) in [6.07, 6.45) is 7.50. The molecule has 34 heavy (non-hydrogen) atoms. The number of benzene rings is 1. The van der Waals surface area contributed by atoms with Crippen molar-refractivity contribution in [2.24, 2.45) is 0 Å². The number of hydrogen-bond donors (Lipinski definition) is 1. The van der Waals surface area contributed by atoms with Gasteiger partial charge in [-0.15, -0.1) is 0 Å². The van der Waals surface area contributed by atoms with Crippen LogP contribution in [0.2, 0.25) is 0 Å². The number of anilines is 1. The van der Waals surface area contributed by atoms with Gasteiger partial charge >= 0.3 is 6.55 Å². The van der Waals surface area contributed by atoms with Crippen molar-refractivity contribution in [3.05, 3.63) is 52.6 Å². The topological polar surface area (TPSA) is 87.4 Å². The fourth-order valence-corrected chi connectivity index (χ4v) is 5.27. The van der Waals surface area contributed by atoms with Gasteiger partial charge in [0, 0.05) is 36.7 Å². The third-order valence-corrected chi connectivity index (χ3v) is 7.21. The molecule has 0 atom stereocenters. The summed E-state index contributed by atoms with van der Waals surface area (Å²) in [4.78, 5) is 25.5. The Bertz CT molecular complexity index is 1350. The molecule has 8 nitrogen and oxygen atoms in total. The maximum Gasteiger partial charge on any atom is 0.321 e. The van der Waals surface area contributed by atoms with Crippen LogP contribution in [0.1, 0.15) is 55.9 Å². The van der Waals surface area contributed by atoms with E-state index in [1.165, 1.54) is 12.1 Å². The first-order chi connectivity index (χ1) is 16.3. The lowest BCUT2D eigenvalue weighted by molar-refractivity contribution is 0.00383. The molecule has 4 aliphatic rings. The van der Waals surface area contributed by atoms with Gasteiger partial charge in [0.1, 0.15) is 11.4 Å². The first-order valence-electron chi connectivity index (χ1n) is 11.4. The molecule has 0 radical (unpaired) electrons. The summed E-state index contributed by atoms with van der Waals surface area (Å²) < 4.78 is 40.4. The highest BCUT2D eigenvalue weighted by atomic mass is 19.3. The summed E-state index contributed by atoms with van der Waals surface area (Å²) in [5.74, 6) is -0.240. The number of carbonyl (C=O) groups is 1. The minimum atomic E-state index is -3.00. The second kappa shape index (κ2) is 7.36. The van der Waals surface area contributed by atoms with Gasteiger partial charge in [-0.3, -0.25) is 18.8 Å². The number of hydrogen-bond acceptors (Lipinski definition) is 5. The van der Waals surface area contributed by atoms with Gasteiger partial charge in [-0.25, -0.2) is 0 Å². The smallest absolute Gasteiger partial charge is 0.321 e. The molecule has 2 saturated heterocycles. The average Bonchev–Trinajstić information content (AvgIpc) is 3.41. The average molecular weight is 470 g/mol. The van der Waals surface area contributed by atoms with Crippen molar-refractivity contribution in [1.29, 1.82) is 0 Å². The Morgan fingerprint density at radius 2 is 2.12 bits per heavy atom. The second-order valence-corrected chi connectivity index (χ2v) is 9.83. The Labute approximate surface area is 193 Å². The van der Waals surface area contributed by atoms with Gasteiger partial charge in [-0.1, -0.05) is 0 Å².